The second-order valence-corrected chi connectivity index (χ2v) is 6.25. The molecular formula is C15H28N5O3S+. The third-order valence-electron chi connectivity index (χ3n) is 4.15. The van der Waals surface area contributed by atoms with Crippen LogP contribution in [0.4, 0.5) is 4.79 Å². The van der Waals surface area contributed by atoms with Gasteiger partial charge in [0.15, 0.2) is 5.11 Å². The van der Waals surface area contributed by atoms with Gasteiger partial charge in [-0.1, -0.05) is 0 Å². The van der Waals surface area contributed by atoms with Crippen LogP contribution in [0.5, 0.6) is 0 Å². The molecule has 0 spiro atoms. The van der Waals surface area contributed by atoms with Gasteiger partial charge in [0.05, 0.1) is 32.9 Å². The molecule has 0 aliphatic carbocycles. The van der Waals surface area contributed by atoms with Gasteiger partial charge < -0.3 is 24.6 Å². The molecule has 0 aromatic rings. The minimum absolute atomic E-state index is 0.243. The number of hydrazone groups is 1. The molecule has 2 aliphatic heterocycles. The summed E-state index contributed by atoms with van der Waals surface area (Å²) in [6, 6.07) is 0. The van der Waals surface area contributed by atoms with E-state index in [1.165, 1.54) is 4.90 Å². The fraction of sp³-hybridized carbons (Fsp3) is 0.800. The van der Waals surface area contributed by atoms with Crippen LogP contribution in [0.15, 0.2) is 5.10 Å². The molecule has 0 aromatic carbocycles. The lowest BCUT2D eigenvalue weighted by molar-refractivity contribution is -0.906. The van der Waals surface area contributed by atoms with Crippen molar-refractivity contribution in [1.82, 2.24) is 15.6 Å². The van der Waals surface area contributed by atoms with Crippen LogP contribution in [0.25, 0.3) is 0 Å². The van der Waals surface area contributed by atoms with Crippen molar-refractivity contribution in [2.75, 3.05) is 59.1 Å². The van der Waals surface area contributed by atoms with Crippen LogP contribution >= 0.6 is 12.2 Å². The van der Waals surface area contributed by atoms with Crippen molar-refractivity contribution in [2.24, 2.45) is 5.10 Å². The summed E-state index contributed by atoms with van der Waals surface area (Å²) >= 11 is 5.24. The van der Waals surface area contributed by atoms with Crippen molar-refractivity contribution in [2.45, 2.75) is 19.8 Å². The Morgan fingerprint density at radius 2 is 2.08 bits per heavy atom. The lowest BCUT2D eigenvalue weighted by atomic mass is 10.1. The first-order chi connectivity index (χ1) is 11.7. The van der Waals surface area contributed by atoms with E-state index in [0.717, 1.165) is 57.9 Å². The van der Waals surface area contributed by atoms with Gasteiger partial charge in [0.25, 0.3) is 0 Å². The smallest absolute Gasteiger partial charge is 0.409 e. The van der Waals surface area contributed by atoms with E-state index in [1.807, 2.05) is 6.92 Å². The molecule has 3 N–H and O–H groups in total. The molecule has 0 unspecified atom stereocenters. The molecule has 1 amide bonds. The lowest BCUT2D eigenvalue weighted by Gasteiger charge is -2.26. The molecule has 24 heavy (non-hydrogen) atoms. The predicted molar refractivity (Wildman–Crippen MR) is 95.4 cm³/mol. The quantitative estimate of drug-likeness (QED) is 0.431. The lowest BCUT2D eigenvalue weighted by Crippen LogP contribution is -3.14. The number of morpholine rings is 1. The highest BCUT2D eigenvalue weighted by Crippen LogP contribution is 2.08. The second kappa shape index (κ2) is 10.4. The van der Waals surface area contributed by atoms with Gasteiger partial charge in [0.2, 0.25) is 0 Å². The van der Waals surface area contributed by atoms with E-state index < -0.39 is 0 Å². The first kappa shape index (κ1) is 18.9. The van der Waals surface area contributed by atoms with Crippen molar-refractivity contribution in [3.63, 3.8) is 0 Å². The Hall–Kier alpha value is -1.45. The summed E-state index contributed by atoms with van der Waals surface area (Å²) in [7, 11) is 0. The maximum Gasteiger partial charge on any atom is 0.409 e. The maximum atomic E-state index is 11.6. The summed E-state index contributed by atoms with van der Waals surface area (Å²) in [5.41, 5.74) is 3.93. The predicted octanol–water partition coefficient (Wildman–Crippen LogP) is -1.03. The Bertz CT molecular complexity index is 444. The molecule has 2 aliphatic rings. The second-order valence-electron chi connectivity index (χ2n) is 5.84. The minimum atomic E-state index is -0.243. The van der Waals surface area contributed by atoms with Crippen molar-refractivity contribution in [1.29, 1.82) is 0 Å². The number of nitrogens with one attached hydrogen (secondary N) is 3. The first-order valence-electron chi connectivity index (χ1n) is 8.61. The minimum Gasteiger partial charge on any atom is -0.450 e. The first-order valence-corrected chi connectivity index (χ1v) is 9.02. The van der Waals surface area contributed by atoms with Gasteiger partial charge in [-0.2, -0.15) is 5.10 Å². The van der Waals surface area contributed by atoms with Crippen LogP contribution in [0.2, 0.25) is 0 Å². The van der Waals surface area contributed by atoms with Crippen molar-refractivity contribution >= 4 is 29.1 Å². The number of carbonyl (C=O) groups excluding carboxylic acids is 1. The van der Waals surface area contributed by atoms with Crippen LogP contribution in [0.3, 0.4) is 0 Å². The molecule has 8 nitrogen and oxygen atoms in total. The Balaban J connectivity index is 1.59. The van der Waals surface area contributed by atoms with Gasteiger partial charge in [-0.15, -0.1) is 0 Å². The number of carbonyl (C=O) groups is 1. The van der Waals surface area contributed by atoms with Crippen LogP contribution in [0, 0.1) is 0 Å². The topological polar surface area (TPSA) is 79.6 Å². The summed E-state index contributed by atoms with van der Waals surface area (Å²) in [6.07, 6.45) is 1.24. The SMILES string of the molecule is CCOC(=O)N1CCC(=NNC(=S)NCC[NH+]2CCOCC2)CC1. The number of hydrogen-bond donors (Lipinski definition) is 3. The average Bonchev–Trinajstić information content (AvgIpc) is 2.61. The maximum absolute atomic E-state index is 11.6. The van der Waals surface area contributed by atoms with Gasteiger partial charge in [-0.25, -0.2) is 4.79 Å². The monoisotopic (exact) mass is 358 g/mol. The normalized spacial score (nSPS) is 18.9. The van der Waals surface area contributed by atoms with Gasteiger partial charge >= 0.3 is 6.09 Å². The number of amides is 1. The zero-order valence-corrected chi connectivity index (χ0v) is 15.1. The summed E-state index contributed by atoms with van der Waals surface area (Å²) in [6.45, 7) is 9.14. The molecule has 0 aromatic heterocycles. The highest BCUT2D eigenvalue weighted by Gasteiger charge is 2.20. The highest BCUT2D eigenvalue weighted by molar-refractivity contribution is 7.80. The largest absolute Gasteiger partial charge is 0.450 e. The summed E-state index contributed by atoms with van der Waals surface area (Å²) in [5.74, 6) is 0. The Morgan fingerprint density at radius 1 is 1.38 bits per heavy atom. The molecule has 9 heteroatoms. The zero-order valence-electron chi connectivity index (χ0n) is 14.3. The summed E-state index contributed by atoms with van der Waals surface area (Å²) in [4.78, 5) is 14.9. The van der Waals surface area contributed by atoms with Gasteiger partial charge in [0.1, 0.15) is 13.1 Å². The fourth-order valence-corrected chi connectivity index (χ4v) is 2.85. The number of piperidine rings is 1. The summed E-state index contributed by atoms with van der Waals surface area (Å²) < 4.78 is 10.3. The number of thiocarbonyl (C=S) groups is 1. The molecule has 0 saturated carbocycles. The number of quaternary nitrogens is 1. The number of rotatable bonds is 5. The zero-order chi connectivity index (χ0) is 17.2. The molecule has 2 fully saturated rings. The molecule has 0 radical (unpaired) electrons. The van der Waals surface area contributed by atoms with E-state index in [0.29, 0.717) is 24.8 Å². The molecule has 0 bridgehead atoms. The van der Waals surface area contributed by atoms with Crippen molar-refractivity contribution < 1.29 is 19.2 Å². The number of ether oxygens (including phenoxy) is 2. The number of likely N-dealkylation sites (tertiary alicyclic amines) is 1. The number of nitrogens with zero attached hydrogens (tertiary/aromatic N) is 2. The average molecular weight is 358 g/mol. The number of hydrogen-bond acceptors (Lipinski definition) is 5. The van der Waals surface area contributed by atoms with Crippen molar-refractivity contribution in [3.05, 3.63) is 0 Å². The van der Waals surface area contributed by atoms with E-state index in [4.69, 9.17) is 21.7 Å². The van der Waals surface area contributed by atoms with Crippen molar-refractivity contribution in [3.8, 4) is 0 Å². The Morgan fingerprint density at radius 3 is 2.75 bits per heavy atom. The van der Waals surface area contributed by atoms with E-state index in [2.05, 4.69) is 15.8 Å². The third-order valence-corrected chi connectivity index (χ3v) is 4.38. The molecule has 2 saturated heterocycles. The molecule has 2 heterocycles. The molecule has 0 atom stereocenters. The van der Waals surface area contributed by atoms with E-state index in [-0.39, 0.29) is 6.09 Å². The highest BCUT2D eigenvalue weighted by atomic mass is 32.1. The summed E-state index contributed by atoms with van der Waals surface area (Å²) in [5, 5.41) is 8.07. The Labute approximate surface area is 148 Å². The molecular weight excluding hydrogens is 330 g/mol. The molecule has 136 valence electrons. The van der Waals surface area contributed by atoms with Crippen LogP contribution < -0.4 is 15.6 Å². The standard InChI is InChI=1S/C15H27N5O3S/c1-2-23-15(21)20-6-3-13(4-7-20)17-18-14(24)16-5-8-19-9-11-22-12-10-19/h2-12H2,1H3,(H2,16,18,24)/p+1. The van der Waals surface area contributed by atoms with Gasteiger partial charge in [0, 0.05) is 31.6 Å². The van der Waals surface area contributed by atoms with E-state index >= 15 is 0 Å². The van der Waals surface area contributed by atoms with Crippen LogP contribution in [0.1, 0.15) is 19.8 Å². The van der Waals surface area contributed by atoms with Gasteiger partial charge in [-0.05, 0) is 19.1 Å². The van der Waals surface area contributed by atoms with Crippen LogP contribution in [-0.2, 0) is 9.47 Å². The van der Waals surface area contributed by atoms with Gasteiger partial charge in [-0.3, -0.25) is 5.43 Å². The third kappa shape index (κ3) is 6.58. The molecule has 2 rings (SSSR count). The van der Waals surface area contributed by atoms with E-state index in [1.54, 1.807) is 4.90 Å². The van der Waals surface area contributed by atoms with Crippen LogP contribution in [-0.4, -0.2) is 80.9 Å². The Kier molecular flexibility index (Phi) is 8.20. The van der Waals surface area contributed by atoms with E-state index in [9.17, 15) is 4.79 Å². The fourth-order valence-electron chi connectivity index (χ4n) is 2.71.